The van der Waals surface area contributed by atoms with Crippen LogP contribution in [0.3, 0.4) is 0 Å². The highest BCUT2D eigenvalue weighted by Crippen LogP contribution is 2.68. The van der Waals surface area contributed by atoms with Gasteiger partial charge in [-0.3, -0.25) is 4.79 Å². The van der Waals surface area contributed by atoms with E-state index in [9.17, 15) is 15.0 Å². The quantitative estimate of drug-likeness (QED) is 0.518. The predicted molar refractivity (Wildman–Crippen MR) is 82.9 cm³/mol. The fourth-order valence-electron chi connectivity index (χ4n) is 5.76. The van der Waals surface area contributed by atoms with Gasteiger partial charge < -0.3 is 10.2 Å². The summed E-state index contributed by atoms with van der Waals surface area (Å²) in [7, 11) is 0. The molecule has 2 N–H and O–H groups in total. The molecule has 3 fully saturated rings. The second kappa shape index (κ2) is 4.42. The number of Topliss-reactive ketones (excluding diaryl/α,β-unsaturated/α-hetero) is 1. The third kappa shape index (κ3) is 1.64. The number of halogens is 1. The Kier molecular flexibility index (Phi) is 3.03. The summed E-state index contributed by atoms with van der Waals surface area (Å²) in [5.41, 5.74) is 0.411. The van der Waals surface area contributed by atoms with Gasteiger partial charge in [0.1, 0.15) is 5.78 Å². The van der Waals surface area contributed by atoms with E-state index in [2.05, 4.69) is 15.9 Å². The van der Waals surface area contributed by atoms with Crippen molar-refractivity contribution >= 4 is 21.7 Å². The highest BCUT2D eigenvalue weighted by atomic mass is 79.9. The lowest BCUT2D eigenvalue weighted by Gasteiger charge is -2.47. The molecule has 0 aromatic carbocycles. The molecular formula is C17H23BrO3. The molecule has 9 atom stereocenters. The lowest BCUT2D eigenvalue weighted by molar-refractivity contribution is -0.143. The molecule has 0 amide bonds. The molecule has 21 heavy (non-hydrogen) atoms. The minimum Gasteiger partial charge on any atom is -0.392 e. The largest absolute Gasteiger partial charge is 0.392 e. The molecule has 116 valence electrons. The molecule has 0 heterocycles. The van der Waals surface area contributed by atoms with Crippen LogP contribution in [0.2, 0.25) is 0 Å². The molecule has 4 rings (SSSR count). The van der Waals surface area contributed by atoms with Gasteiger partial charge in [-0.1, -0.05) is 28.9 Å². The van der Waals surface area contributed by atoms with Crippen LogP contribution in [0.1, 0.15) is 33.1 Å². The number of hydrogen-bond donors (Lipinski definition) is 2. The number of fused-ring (bicyclic) bond motifs is 2. The molecule has 4 aliphatic carbocycles. The van der Waals surface area contributed by atoms with Crippen LogP contribution in [-0.2, 0) is 4.79 Å². The number of hydrogen-bond acceptors (Lipinski definition) is 3. The van der Waals surface area contributed by atoms with E-state index >= 15 is 0 Å². The fourth-order valence-corrected chi connectivity index (χ4v) is 6.87. The van der Waals surface area contributed by atoms with Crippen LogP contribution in [0.4, 0.5) is 0 Å². The zero-order chi connectivity index (χ0) is 15.1. The van der Waals surface area contributed by atoms with E-state index < -0.39 is 17.6 Å². The minimum atomic E-state index is -0.532. The summed E-state index contributed by atoms with van der Waals surface area (Å²) < 4.78 is 0. The third-order valence-electron chi connectivity index (χ3n) is 6.78. The van der Waals surface area contributed by atoms with Gasteiger partial charge in [0.15, 0.2) is 0 Å². The Labute approximate surface area is 133 Å². The monoisotopic (exact) mass is 354 g/mol. The summed E-state index contributed by atoms with van der Waals surface area (Å²) in [6.45, 7) is 3.98. The summed E-state index contributed by atoms with van der Waals surface area (Å²) in [5, 5.41) is 21.3. The van der Waals surface area contributed by atoms with Crippen molar-refractivity contribution in [2.45, 2.75) is 50.1 Å². The Morgan fingerprint density at radius 2 is 2.10 bits per heavy atom. The number of carbonyl (C=O) groups is 1. The standard InChI is InChI=1S/C17H23BrO3/c1-7-6-10-11(19)3-4-17(10)13(15(7)20)12-9(14(12)18)5-8(2)16(17)21/h6,8-15,19-20H,3-5H2,1-2H3/t8-,9-,10?,11?,12-,13-,14+,15+,17+/m1/s1. The fraction of sp³-hybridized carbons (Fsp3) is 0.824. The molecule has 0 aliphatic heterocycles. The van der Waals surface area contributed by atoms with Crippen LogP contribution in [0.25, 0.3) is 0 Å². The number of ketones is 1. The number of alkyl halides is 1. The topological polar surface area (TPSA) is 57.5 Å². The van der Waals surface area contributed by atoms with Gasteiger partial charge in [-0.25, -0.2) is 0 Å². The second-order valence-electron chi connectivity index (χ2n) is 7.74. The first-order chi connectivity index (χ1) is 9.89. The molecule has 0 bridgehead atoms. The maximum Gasteiger partial charge on any atom is 0.142 e. The first kappa shape index (κ1) is 14.4. The number of carbonyl (C=O) groups excluding carboxylic acids is 1. The van der Waals surface area contributed by atoms with Crippen molar-refractivity contribution in [3.8, 4) is 0 Å². The van der Waals surface area contributed by atoms with Gasteiger partial charge in [-0.2, -0.15) is 0 Å². The van der Waals surface area contributed by atoms with Gasteiger partial charge in [-0.15, -0.1) is 0 Å². The zero-order valence-corrected chi connectivity index (χ0v) is 14.1. The molecule has 0 aromatic rings. The SMILES string of the molecule is CC1=CC2C(O)CC[C@]23C(=O)[C@H](C)C[C@H]2[C@H](Br)[C@H]2[C@@H]3[C@H]1O. The van der Waals surface area contributed by atoms with Crippen LogP contribution < -0.4 is 0 Å². The zero-order valence-electron chi connectivity index (χ0n) is 12.5. The maximum atomic E-state index is 13.2. The van der Waals surface area contributed by atoms with E-state index in [0.717, 1.165) is 18.4 Å². The van der Waals surface area contributed by atoms with Crippen LogP contribution in [0.5, 0.6) is 0 Å². The van der Waals surface area contributed by atoms with Crippen LogP contribution >= 0.6 is 15.9 Å². The number of rotatable bonds is 0. The predicted octanol–water partition coefficient (Wildman–Crippen LogP) is 2.30. The third-order valence-corrected chi connectivity index (χ3v) is 8.07. The summed E-state index contributed by atoms with van der Waals surface area (Å²) in [4.78, 5) is 13.6. The summed E-state index contributed by atoms with van der Waals surface area (Å²) in [6.07, 6.45) is 3.37. The Morgan fingerprint density at radius 3 is 2.81 bits per heavy atom. The molecule has 4 aliphatic rings. The summed E-state index contributed by atoms with van der Waals surface area (Å²) >= 11 is 3.77. The van der Waals surface area contributed by atoms with Gasteiger partial charge in [0.05, 0.1) is 12.2 Å². The van der Waals surface area contributed by atoms with Crippen molar-refractivity contribution in [2.24, 2.45) is 35.0 Å². The molecule has 4 heteroatoms. The van der Waals surface area contributed by atoms with Gasteiger partial charge in [-0.05, 0) is 43.6 Å². The molecule has 3 saturated carbocycles. The average molecular weight is 355 g/mol. The Bertz CT molecular complexity index is 530. The van der Waals surface area contributed by atoms with Crippen LogP contribution in [0, 0.1) is 35.0 Å². The maximum absolute atomic E-state index is 13.2. The van der Waals surface area contributed by atoms with Crippen molar-refractivity contribution < 1.29 is 15.0 Å². The lowest BCUT2D eigenvalue weighted by Crippen LogP contribution is -2.53. The van der Waals surface area contributed by atoms with Gasteiger partial charge >= 0.3 is 0 Å². The van der Waals surface area contributed by atoms with Crippen molar-refractivity contribution in [1.29, 1.82) is 0 Å². The van der Waals surface area contributed by atoms with Crippen molar-refractivity contribution in [3.05, 3.63) is 11.6 Å². The molecule has 1 spiro atoms. The highest BCUT2D eigenvalue weighted by molar-refractivity contribution is 9.09. The molecule has 0 aromatic heterocycles. The van der Waals surface area contributed by atoms with Crippen molar-refractivity contribution in [3.63, 3.8) is 0 Å². The first-order valence-electron chi connectivity index (χ1n) is 8.12. The summed E-state index contributed by atoms with van der Waals surface area (Å²) in [5.74, 6) is 1.11. The number of aliphatic hydroxyl groups excluding tert-OH is 2. The van der Waals surface area contributed by atoms with Crippen LogP contribution in [0.15, 0.2) is 11.6 Å². The van der Waals surface area contributed by atoms with Crippen molar-refractivity contribution in [2.75, 3.05) is 0 Å². The molecular weight excluding hydrogens is 332 g/mol. The van der Waals surface area contributed by atoms with E-state index in [1.54, 1.807) is 0 Å². The van der Waals surface area contributed by atoms with Crippen molar-refractivity contribution in [1.82, 2.24) is 0 Å². The molecule has 2 unspecified atom stereocenters. The van der Waals surface area contributed by atoms with Gasteiger partial charge in [0, 0.05) is 28.0 Å². The Morgan fingerprint density at radius 1 is 1.38 bits per heavy atom. The first-order valence-corrected chi connectivity index (χ1v) is 9.04. The van der Waals surface area contributed by atoms with Crippen LogP contribution in [-0.4, -0.2) is 33.0 Å². The number of aliphatic hydroxyl groups is 2. The average Bonchev–Trinajstić information content (AvgIpc) is 2.95. The summed E-state index contributed by atoms with van der Waals surface area (Å²) in [6, 6.07) is 0. The van der Waals surface area contributed by atoms with E-state index in [0.29, 0.717) is 28.9 Å². The molecule has 3 nitrogen and oxygen atoms in total. The van der Waals surface area contributed by atoms with Gasteiger partial charge in [0.25, 0.3) is 0 Å². The molecule has 0 radical (unpaired) electrons. The normalized spacial score (nSPS) is 58.7. The molecule has 0 saturated heterocycles. The van der Waals surface area contributed by atoms with Gasteiger partial charge in [0.2, 0.25) is 0 Å². The Hall–Kier alpha value is -0.190. The Balaban J connectivity index is 1.90. The van der Waals surface area contributed by atoms with E-state index in [1.165, 1.54) is 0 Å². The highest BCUT2D eigenvalue weighted by Gasteiger charge is 2.70. The minimum absolute atomic E-state index is 0.0172. The van der Waals surface area contributed by atoms with E-state index in [4.69, 9.17) is 0 Å². The second-order valence-corrected chi connectivity index (χ2v) is 8.80. The van der Waals surface area contributed by atoms with E-state index in [1.807, 2.05) is 19.9 Å². The lowest BCUT2D eigenvalue weighted by atomic mass is 9.56. The van der Waals surface area contributed by atoms with E-state index in [-0.39, 0.29) is 17.8 Å². The smallest absolute Gasteiger partial charge is 0.142 e.